The number of oxazole rings is 1. The molecule has 1 aromatic heterocycles. The van der Waals surface area contributed by atoms with E-state index < -0.39 is 0 Å². The number of aromatic nitrogens is 1. The van der Waals surface area contributed by atoms with E-state index in [0.717, 1.165) is 18.6 Å². The molecule has 0 bridgehead atoms. The zero-order valence-corrected chi connectivity index (χ0v) is 17.4. The molecule has 2 aromatic carbocycles. The lowest BCUT2D eigenvalue weighted by molar-refractivity contribution is 0.0947. The summed E-state index contributed by atoms with van der Waals surface area (Å²) < 4.78 is 5.40. The van der Waals surface area contributed by atoms with Crippen LogP contribution in [0.1, 0.15) is 52.3 Å². The first-order valence-electron chi connectivity index (χ1n) is 9.77. The van der Waals surface area contributed by atoms with Gasteiger partial charge in [0.25, 0.3) is 5.91 Å². The summed E-state index contributed by atoms with van der Waals surface area (Å²) in [5, 5.41) is 2.96. The fourth-order valence-electron chi connectivity index (χ4n) is 3.25. The van der Waals surface area contributed by atoms with Gasteiger partial charge in [0.1, 0.15) is 6.26 Å². The minimum Gasteiger partial charge on any atom is -0.446 e. The standard InChI is InChI=1S/C23H27N3O2S/c1-29-15-13-20(24)23-26-21(16-28-23)22(27)25-14-12-19(17-8-4-2-5-9-17)18-10-6-3-7-11-18/h2-11,16,19-20H,12-15,24H2,1H3,(H,25,27). The van der Waals surface area contributed by atoms with Crippen LogP contribution in [-0.4, -0.2) is 29.4 Å². The van der Waals surface area contributed by atoms with E-state index in [4.69, 9.17) is 10.2 Å². The number of rotatable bonds is 10. The minimum atomic E-state index is -0.287. The number of hydrogen-bond acceptors (Lipinski definition) is 5. The normalized spacial score (nSPS) is 12.1. The van der Waals surface area contributed by atoms with Crippen LogP contribution in [0.3, 0.4) is 0 Å². The number of carbonyl (C=O) groups is 1. The highest BCUT2D eigenvalue weighted by molar-refractivity contribution is 7.98. The molecule has 0 aliphatic rings. The molecule has 0 radical (unpaired) electrons. The largest absolute Gasteiger partial charge is 0.446 e. The highest BCUT2D eigenvalue weighted by Crippen LogP contribution is 2.27. The number of hydrogen-bond donors (Lipinski definition) is 2. The molecular formula is C23H27N3O2S. The Kier molecular flexibility index (Phi) is 7.90. The first kappa shape index (κ1) is 21.1. The SMILES string of the molecule is CSCCC(N)c1nc(C(=O)NCCC(c2ccccc2)c2ccccc2)co1. The highest BCUT2D eigenvalue weighted by Gasteiger charge is 2.18. The lowest BCUT2D eigenvalue weighted by Gasteiger charge is -2.18. The molecule has 1 unspecified atom stereocenters. The molecule has 6 heteroatoms. The third kappa shape index (κ3) is 5.95. The maximum absolute atomic E-state index is 12.5. The summed E-state index contributed by atoms with van der Waals surface area (Å²) in [6.45, 7) is 0.536. The number of benzene rings is 2. The molecule has 5 nitrogen and oxygen atoms in total. The van der Waals surface area contributed by atoms with Gasteiger partial charge in [-0.2, -0.15) is 11.8 Å². The fourth-order valence-corrected chi connectivity index (χ4v) is 3.74. The first-order valence-corrected chi connectivity index (χ1v) is 11.2. The predicted octanol–water partition coefficient (Wildman–Crippen LogP) is 4.38. The lowest BCUT2D eigenvalue weighted by atomic mass is 9.88. The van der Waals surface area contributed by atoms with Gasteiger partial charge in [-0.3, -0.25) is 4.79 Å². The smallest absolute Gasteiger partial charge is 0.273 e. The van der Waals surface area contributed by atoms with Crippen molar-refractivity contribution in [2.24, 2.45) is 5.73 Å². The Morgan fingerprint density at radius 3 is 2.28 bits per heavy atom. The van der Waals surface area contributed by atoms with E-state index in [2.05, 4.69) is 34.6 Å². The molecule has 0 fully saturated rings. The summed E-state index contributed by atoms with van der Waals surface area (Å²) in [5.74, 6) is 1.31. The highest BCUT2D eigenvalue weighted by atomic mass is 32.2. The van der Waals surface area contributed by atoms with Gasteiger partial charge in [-0.05, 0) is 36.0 Å². The molecule has 0 saturated heterocycles. The molecule has 0 saturated carbocycles. The van der Waals surface area contributed by atoms with Crippen LogP contribution in [0, 0.1) is 0 Å². The quantitative estimate of drug-likeness (QED) is 0.519. The van der Waals surface area contributed by atoms with Crippen LogP contribution in [0.15, 0.2) is 71.3 Å². The van der Waals surface area contributed by atoms with Crippen LogP contribution < -0.4 is 11.1 Å². The summed E-state index contributed by atoms with van der Waals surface area (Å²) in [7, 11) is 0. The van der Waals surface area contributed by atoms with Crippen LogP contribution in [0.25, 0.3) is 0 Å². The summed E-state index contributed by atoms with van der Waals surface area (Å²) in [6, 6.07) is 20.4. The lowest BCUT2D eigenvalue weighted by Crippen LogP contribution is -2.26. The monoisotopic (exact) mass is 409 g/mol. The number of nitrogens with zero attached hydrogens (tertiary/aromatic N) is 1. The molecule has 3 aromatic rings. The second-order valence-corrected chi connectivity index (χ2v) is 7.86. The predicted molar refractivity (Wildman–Crippen MR) is 118 cm³/mol. The maximum atomic E-state index is 12.5. The first-order chi connectivity index (χ1) is 14.2. The van der Waals surface area contributed by atoms with Crippen molar-refractivity contribution in [3.8, 4) is 0 Å². The van der Waals surface area contributed by atoms with Crippen LogP contribution >= 0.6 is 11.8 Å². The Balaban J connectivity index is 1.60. The average molecular weight is 410 g/mol. The van der Waals surface area contributed by atoms with Gasteiger partial charge in [0.15, 0.2) is 5.69 Å². The van der Waals surface area contributed by atoms with Crippen LogP contribution in [0.5, 0.6) is 0 Å². The number of nitrogens with one attached hydrogen (secondary N) is 1. The zero-order chi connectivity index (χ0) is 20.5. The van der Waals surface area contributed by atoms with Gasteiger partial charge in [0.05, 0.1) is 6.04 Å². The van der Waals surface area contributed by atoms with Crippen molar-refractivity contribution < 1.29 is 9.21 Å². The minimum absolute atomic E-state index is 0.213. The summed E-state index contributed by atoms with van der Waals surface area (Å²) in [4.78, 5) is 16.7. The van der Waals surface area contributed by atoms with Gasteiger partial charge in [0, 0.05) is 12.5 Å². The number of thioether (sulfide) groups is 1. The fraction of sp³-hybridized carbons (Fsp3) is 0.304. The van der Waals surface area contributed by atoms with Crippen molar-refractivity contribution in [2.75, 3.05) is 18.6 Å². The second kappa shape index (κ2) is 10.8. The van der Waals surface area contributed by atoms with Crippen molar-refractivity contribution in [3.63, 3.8) is 0 Å². The van der Waals surface area contributed by atoms with Gasteiger partial charge in [-0.25, -0.2) is 4.98 Å². The number of amides is 1. The van der Waals surface area contributed by atoms with Crippen molar-refractivity contribution in [3.05, 3.63) is 89.6 Å². The summed E-state index contributed by atoms with van der Waals surface area (Å²) >= 11 is 1.72. The van der Waals surface area contributed by atoms with E-state index in [-0.39, 0.29) is 23.6 Å². The average Bonchev–Trinajstić information content (AvgIpc) is 3.27. The Hall–Kier alpha value is -2.57. The maximum Gasteiger partial charge on any atom is 0.273 e. The van der Waals surface area contributed by atoms with Gasteiger partial charge in [-0.1, -0.05) is 60.7 Å². The van der Waals surface area contributed by atoms with E-state index >= 15 is 0 Å². The van der Waals surface area contributed by atoms with Crippen molar-refractivity contribution in [1.29, 1.82) is 0 Å². The van der Waals surface area contributed by atoms with E-state index in [0.29, 0.717) is 12.4 Å². The molecule has 1 atom stereocenters. The molecule has 3 rings (SSSR count). The molecular weight excluding hydrogens is 382 g/mol. The summed E-state index contributed by atoms with van der Waals surface area (Å²) in [5.41, 5.74) is 8.80. The van der Waals surface area contributed by atoms with Gasteiger partial charge in [-0.15, -0.1) is 0 Å². The third-order valence-electron chi connectivity index (χ3n) is 4.83. The Morgan fingerprint density at radius 2 is 1.69 bits per heavy atom. The molecule has 3 N–H and O–H groups in total. The van der Waals surface area contributed by atoms with Crippen molar-refractivity contribution >= 4 is 17.7 Å². The zero-order valence-electron chi connectivity index (χ0n) is 16.6. The Morgan fingerprint density at radius 1 is 1.07 bits per heavy atom. The molecule has 152 valence electrons. The topological polar surface area (TPSA) is 81.1 Å². The van der Waals surface area contributed by atoms with E-state index in [1.807, 2.05) is 42.7 Å². The van der Waals surface area contributed by atoms with Gasteiger partial charge >= 0.3 is 0 Å². The molecule has 0 aliphatic heterocycles. The Bertz CT molecular complexity index is 844. The Labute approximate surface area is 176 Å². The van der Waals surface area contributed by atoms with Crippen molar-refractivity contribution in [1.82, 2.24) is 10.3 Å². The third-order valence-corrected chi connectivity index (χ3v) is 5.47. The van der Waals surface area contributed by atoms with Crippen molar-refractivity contribution in [2.45, 2.75) is 24.8 Å². The van der Waals surface area contributed by atoms with E-state index in [9.17, 15) is 4.79 Å². The molecule has 29 heavy (non-hydrogen) atoms. The van der Waals surface area contributed by atoms with Crippen LogP contribution in [0.4, 0.5) is 0 Å². The second-order valence-electron chi connectivity index (χ2n) is 6.88. The van der Waals surface area contributed by atoms with Gasteiger partial charge in [0.2, 0.25) is 5.89 Å². The molecule has 1 amide bonds. The molecule has 0 aliphatic carbocycles. The van der Waals surface area contributed by atoms with Gasteiger partial charge < -0.3 is 15.5 Å². The number of carbonyl (C=O) groups excluding carboxylic acids is 1. The van der Waals surface area contributed by atoms with Crippen LogP contribution in [-0.2, 0) is 0 Å². The van der Waals surface area contributed by atoms with Crippen LogP contribution in [0.2, 0.25) is 0 Å². The molecule has 1 heterocycles. The summed E-state index contributed by atoms with van der Waals surface area (Å²) in [6.07, 6.45) is 4.96. The van der Waals surface area contributed by atoms with E-state index in [1.165, 1.54) is 17.4 Å². The molecule has 0 spiro atoms. The number of nitrogens with two attached hydrogens (primary N) is 1. The van der Waals surface area contributed by atoms with E-state index in [1.54, 1.807) is 11.8 Å².